The molecule has 0 atom stereocenters. The normalized spacial score (nSPS) is 10.4. The van der Waals surface area contributed by atoms with Crippen LogP contribution in [0.25, 0.3) is 0 Å². The molecule has 2 aromatic rings. The van der Waals surface area contributed by atoms with Crippen molar-refractivity contribution >= 4 is 29.1 Å². The number of thioether (sulfide) groups is 1. The fraction of sp³-hybridized carbons (Fsp3) is 0.143. The minimum Gasteiger partial charge on any atom is -0.506 e. The molecule has 0 amide bonds. The molecule has 104 valence electrons. The van der Waals surface area contributed by atoms with Crippen LogP contribution in [0.4, 0.5) is 5.69 Å². The maximum atomic E-state index is 11.0. The molecule has 20 heavy (non-hydrogen) atoms. The quantitative estimate of drug-likeness (QED) is 0.657. The summed E-state index contributed by atoms with van der Waals surface area (Å²) in [7, 11) is 0. The fourth-order valence-electron chi connectivity index (χ4n) is 1.76. The zero-order valence-corrected chi connectivity index (χ0v) is 12.0. The molecule has 0 bridgehead atoms. The summed E-state index contributed by atoms with van der Waals surface area (Å²) in [5.74, 6) is 0.956. The SMILES string of the molecule is O=[N+]([O-])c1c(CSCc2ccccc2)ccc(O)c1Cl. The van der Waals surface area contributed by atoms with E-state index in [9.17, 15) is 15.2 Å². The summed E-state index contributed by atoms with van der Waals surface area (Å²) in [5, 5.41) is 20.3. The lowest BCUT2D eigenvalue weighted by atomic mass is 10.2. The van der Waals surface area contributed by atoms with Crippen LogP contribution >= 0.6 is 23.4 Å². The number of benzene rings is 2. The van der Waals surface area contributed by atoms with E-state index in [0.717, 1.165) is 11.3 Å². The van der Waals surface area contributed by atoms with E-state index < -0.39 is 4.92 Å². The third-order valence-electron chi connectivity index (χ3n) is 2.73. The molecular weight excluding hydrogens is 298 g/mol. The van der Waals surface area contributed by atoms with Gasteiger partial charge in [-0.25, -0.2) is 0 Å². The summed E-state index contributed by atoms with van der Waals surface area (Å²) in [6, 6.07) is 12.8. The number of nitro benzene ring substituents is 1. The molecule has 0 unspecified atom stereocenters. The van der Waals surface area contributed by atoms with E-state index in [1.54, 1.807) is 11.8 Å². The standard InChI is InChI=1S/C14H12ClNO3S/c15-13-12(17)7-6-11(14(13)16(18)19)9-20-8-10-4-2-1-3-5-10/h1-7,17H,8-9H2. The van der Waals surface area contributed by atoms with Crippen molar-refractivity contribution in [3.63, 3.8) is 0 Å². The van der Waals surface area contributed by atoms with E-state index in [0.29, 0.717) is 11.3 Å². The van der Waals surface area contributed by atoms with E-state index in [4.69, 9.17) is 11.6 Å². The van der Waals surface area contributed by atoms with E-state index in [1.165, 1.54) is 12.1 Å². The Bertz CT molecular complexity index is 619. The van der Waals surface area contributed by atoms with E-state index in [-0.39, 0.29) is 16.5 Å². The predicted octanol–water partition coefficient (Wildman–Crippen LogP) is 4.39. The van der Waals surface area contributed by atoms with Crippen LogP contribution in [0, 0.1) is 10.1 Å². The molecule has 0 fully saturated rings. The van der Waals surface area contributed by atoms with Crippen molar-refractivity contribution in [3.05, 3.63) is 68.7 Å². The van der Waals surface area contributed by atoms with Gasteiger partial charge in [-0.1, -0.05) is 41.9 Å². The van der Waals surface area contributed by atoms with Gasteiger partial charge in [-0.05, 0) is 17.7 Å². The number of halogens is 1. The molecule has 4 nitrogen and oxygen atoms in total. The molecule has 0 aliphatic heterocycles. The molecule has 2 rings (SSSR count). The number of aromatic hydroxyl groups is 1. The first kappa shape index (κ1) is 14.7. The Morgan fingerprint density at radius 3 is 2.50 bits per heavy atom. The number of rotatable bonds is 5. The Labute approximate surface area is 125 Å². The minimum atomic E-state index is -0.555. The van der Waals surface area contributed by atoms with Gasteiger partial charge >= 0.3 is 0 Å². The molecule has 2 aromatic carbocycles. The van der Waals surface area contributed by atoms with Gasteiger partial charge in [-0.15, -0.1) is 0 Å². The molecular formula is C14H12ClNO3S. The number of hydrogen-bond acceptors (Lipinski definition) is 4. The van der Waals surface area contributed by atoms with Gasteiger partial charge in [0.25, 0.3) is 5.69 Å². The zero-order chi connectivity index (χ0) is 14.5. The highest BCUT2D eigenvalue weighted by Crippen LogP contribution is 2.37. The van der Waals surface area contributed by atoms with Gasteiger partial charge in [0.05, 0.1) is 4.92 Å². The average molecular weight is 310 g/mol. The van der Waals surface area contributed by atoms with Crippen LogP contribution in [-0.2, 0) is 11.5 Å². The van der Waals surface area contributed by atoms with Crippen LogP contribution in [-0.4, -0.2) is 10.0 Å². The Morgan fingerprint density at radius 2 is 1.85 bits per heavy atom. The first-order valence-electron chi connectivity index (χ1n) is 5.86. The highest BCUT2D eigenvalue weighted by atomic mass is 35.5. The topological polar surface area (TPSA) is 63.4 Å². The van der Waals surface area contributed by atoms with Gasteiger partial charge < -0.3 is 5.11 Å². The van der Waals surface area contributed by atoms with Crippen molar-refractivity contribution in [2.75, 3.05) is 0 Å². The number of nitro groups is 1. The van der Waals surface area contributed by atoms with Crippen molar-refractivity contribution in [3.8, 4) is 5.75 Å². The molecule has 0 aliphatic rings. The molecule has 0 aliphatic carbocycles. The van der Waals surface area contributed by atoms with E-state index in [2.05, 4.69) is 0 Å². The van der Waals surface area contributed by atoms with Crippen molar-refractivity contribution in [2.45, 2.75) is 11.5 Å². The highest BCUT2D eigenvalue weighted by molar-refractivity contribution is 7.97. The van der Waals surface area contributed by atoms with Crippen molar-refractivity contribution in [1.82, 2.24) is 0 Å². The molecule has 0 radical (unpaired) electrons. The zero-order valence-electron chi connectivity index (χ0n) is 10.5. The second kappa shape index (κ2) is 6.63. The van der Waals surface area contributed by atoms with Gasteiger partial charge in [-0.3, -0.25) is 10.1 Å². The first-order chi connectivity index (χ1) is 9.59. The molecule has 6 heteroatoms. The molecule has 0 heterocycles. The fourth-order valence-corrected chi connectivity index (χ4v) is 3.00. The maximum absolute atomic E-state index is 11.0. The minimum absolute atomic E-state index is 0.201. The number of phenols is 1. The van der Waals surface area contributed by atoms with Gasteiger partial charge in [0.2, 0.25) is 0 Å². The van der Waals surface area contributed by atoms with Gasteiger partial charge in [-0.2, -0.15) is 11.8 Å². The number of hydrogen-bond donors (Lipinski definition) is 1. The summed E-state index contributed by atoms with van der Waals surface area (Å²) < 4.78 is 0. The number of phenolic OH excluding ortho intramolecular Hbond substituents is 1. The Hall–Kier alpha value is -1.72. The average Bonchev–Trinajstić information content (AvgIpc) is 2.43. The van der Waals surface area contributed by atoms with Crippen molar-refractivity contribution in [2.24, 2.45) is 0 Å². The van der Waals surface area contributed by atoms with Crippen molar-refractivity contribution in [1.29, 1.82) is 0 Å². The van der Waals surface area contributed by atoms with Crippen LogP contribution in [0.3, 0.4) is 0 Å². The van der Waals surface area contributed by atoms with Crippen LogP contribution in [0.15, 0.2) is 42.5 Å². The van der Waals surface area contributed by atoms with Crippen LogP contribution < -0.4 is 0 Å². The summed E-state index contributed by atoms with van der Waals surface area (Å²) in [4.78, 5) is 10.5. The van der Waals surface area contributed by atoms with Gasteiger partial charge in [0.15, 0.2) is 5.02 Å². The largest absolute Gasteiger partial charge is 0.506 e. The van der Waals surface area contributed by atoms with E-state index >= 15 is 0 Å². The van der Waals surface area contributed by atoms with Gasteiger partial charge in [0, 0.05) is 17.1 Å². The second-order valence-electron chi connectivity index (χ2n) is 4.14. The van der Waals surface area contributed by atoms with E-state index in [1.807, 2.05) is 30.3 Å². The lowest BCUT2D eigenvalue weighted by molar-refractivity contribution is -0.385. The summed E-state index contributed by atoms with van der Waals surface area (Å²) in [6.07, 6.45) is 0. The monoisotopic (exact) mass is 309 g/mol. The van der Waals surface area contributed by atoms with Crippen molar-refractivity contribution < 1.29 is 10.0 Å². The summed E-state index contributed by atoms with van der Waals surface area (Å²) >= 11 is 7.35. The Kier molecular flexibility index (Phi) is 4.87. The second-order valence-corrected chi connectivity index (χ2v) is 5.51. The smallest absolute Gasteiger partial charge is 0.295 e. The lowest BCUT2D eigenvalue weighted by Crippen LogP contribution is -1.96. The lowest BCUT2D eigenvalue weighted by Gasteiger charge is -2.06. The molecule has 0 saturated heterocycles. The van der Waals surface area contributed by atoms with Crippen LogP contribution in [0.2, 0.25) is 5.02 Å². The summed E-state index contributed by atoms with van der Waals surface area (Å²) in [6.45, 7) is 0. The predicted molar refractivity (Wildman–Crippen MR) is 81.2 cm³/mol. The number of nitrogens with zero attached hydrogens (tertiary/aromatic N) is 1. The third kappa shape index (κ3) is 3.43. The maximum Gasteiger partial charge on any atom is 0.295 e. The third-order valence-corrected chi connectivity index (χ3v) is 4.16. The highest BCUT2D eigenvalue weighted by Gasteiger charge is 2.21. The Balaban J connectivity index is 2.10. The van der Waals surface area contributed by atoms with Crippen LogP contribution in [0.5, 0.6) is 5.75 Å². The molecule has 0 aromatic heterocycles. The summed E-state index contributed by atoms with van der Waals surface area (Å²) in [5.41, 5.74) is 1.45. The molecule has 1 N–H and O–H groups in total. The molecule has 0 spiro atoms. The van der Waals surface area contributed by atoms with Gasteiger partial charge in [0.1, 0.15) is 5.75 Å². The molecule has 0 saturated carbocycles. The Morgan fingerprint density at radius 1 is 1.15 bits per heavy atom. The van der Waals surface area contributed by atoms with Crippen LogP contribution in [0.1, 0.15) is 11.1 Å². The first-order valence-corrected chi connectivity index (χ1v) is 7.39.